The summed E-state index contributed by atoms with van der Waals surface area (Å²) in [5.41, 5.74) is 0. The van der Waals surface area contributed by atoms with Crippen LogP contribution < -0.4 is 0 Å². The molecule has 0 saturated heterocycles. The Morgan fingerprint density at radius 3 is 2.50 bits per heavy atom. The molecule has 1 N–H and O–H groups in total. The van der Waals surface area contributed by atoms with Crippen molar-refractivity contribution in [2.24, 2.45) is 0 Å². The van der Waals surface area contributed by atoms with E-state index in [2.05, 4.69) is 12.6 Å². The van der Waals surface area contributed by atoms with Crippen LogP contribution in [0.3, 0.4) is 0 Å². The molecule has 0 aliphatic heterocycles. The molecule has 0 heterocycles. The molecule has 0 fully saturated rings. The van der Waals surface area contributed by atoms with E-state index in [1.165, 1.54) is 0 Å². The van der Waals surface area contributed by atoms with Gasteiger partial charge in [0.1, 0.15) is 6.10 Å². The topological polar surface area (TPSA) is 65.0 Å². The molecule has 0 amide bonds. The minimum atomic E-state index is -0.356. The molecule has 0 saturated carbocycles. The van der Waals surface area contributed by atoms with E-state index in [0.717, 1.165) is 0 Å². The first-order valence-electron chi connectivity index (χ1n) is 4.77. The Labute approximate surface area is 119 Å². The number of esters is 1. The van der Waals surface area contributed by atoms with Gasteiger partial charge in [0, 0.05) is 0 Å². The first-order valence-corrected chi connectivity index (χ1v) is 5.40. The second-order valence-electron chi connectivity index (χ2n) is 2.87. The van der Waals surface area contributed by atoms with E-state index in [0.29, 0.717) is 26.4 Å². The number of hydrogen-bond donors (Lipinski definition) is 2. The molecule has 16 heavy (non-hydrogen) atoms. The molecule has 0 radical (unpaired) electrons. The van der Waals surface area contributed by atoms with E-state index >= 15 is 0 Å². The standard InChI is InChI=1S/C9H18O5S.Sb.3H/c1-8(14-9(11)7-15)6-13-5-4-12-3-2-10;;;;/h8,10,15H,2-7H2,1H3;;;;. The molecule has 0 aliphatic carbocycles. The zero-order valence-corrected chi connectivity index (χ0v) is 14.5. The molecule has 0 aromatic carbocycles. The van der Waals surface area contributed by atoms with Gasteiger partial charge >= 0.3 is 30.4 Å². The molecule has 98 valence electrons. The number of aliphatic hydroxyl groups excluding tert-OH is 1. The van der Waals surface area contributed by atoms with Crippen LogP contribution in [0.1, 0.15) is 6.92 Å². The number of aliphatic hydroxyl groups is 1. The summed E-state index contributed by atoms with van der Waals surface area (Å²) in [6.45, 7) is 3.25. The Kier molecular flexibility index (Phi) is 16.0. The second kappa shape index (κ2) is 13.6. The quantitative estimate of drug-likeness (QED) is 0.231. The molecule has 1 atom stereocenters. The van der Waals surface area contributed by atoms with Gasteiger partial charge in [0.2, 0.25) is 0 Å². The third-order valence-electron chi connectivity index (χ3n) is 1.42. The van der Waals surface area contributed by atoms with E-state index in [4.69, 9.17) is 19.3 Å². The first kappa shape index (κ1) is 18.9. The van der Waals surface area contributed by atoms with Gasteiger partial charge in [-0.2, -0.15) is 12.6 Å². The Hall–Kier alpha value is 0.518. The predicted octanol–water partition coefficient (Wildman–Crippen LogP) is -1.31. The zero-order chi connectivity index (χ0) is 11.5. The van der Waals surface area contributed by atoms with Crippen molar-refractivity contribution < 1.29 is 24.1 Å². The molecule has 0 bridgehead atoms. The van der Waals surface area contributed by atoms with E-state index in [9.17, 15) is 4.79 Å². The summed E-state index contributed by atoms with van der Waals surface area (Å²) in [4.78, 5) is 10.8. The molecule has 7 heteroatoms. The SMILES string of the molecule is CC(COCCOCCO)OC(=O)CS.[SbH3]. The van der Waals surface area contributed by atoms with Crippen molar-refractivity contribution in [1.29, 1.82) is 0 Å². The normalized spacial score (nSPS) is 11.7. The van der Waals surface area contributed by atoms with Gasteiger partial charge in [0.25, 0.3) is 0 Å². The fourth-order valence-electron chi connectivity index (χ4n) is 0.829. The summed E-state index contributed by atoms with van der Waals surface area (Å²) in [7, 11) is 0. The van der Waals surface area contributed by atoms with E-state index in [1.807, 2.05) is 0 Å². The van der Waals surface area contributed by atoms with Crippen molar-refractivity contribution in [3.63, 3.8) is 0 Å². The summed E-state index contributed by atoms with van der Waals surface area (Å²) in [6, 6.07) is 0. The second-order valence-corrected chi connectivity index (χ2v) is 3.19. The van der Waals surface area contributed by atoms with Crippen molar-refractivity contribution in [3.8, 4) is 0 Å². The third-order valence-corrected chi connectivity index (χ3v) is 1.68. The van der Waals surface area contributed by atoms with Gasteiger partial charge in [-0.15, -0.1) is 0 Å². The van der Waals surface area contributed by atoms with E-state index in [-0.39, 0.29) is 48.9 Å². The number of ether oxygens (including phenoxy) is 3. The predicted molar refractivity (Wildman–Crippen MR) is 68.1 cm³/mol. The average molecular weight is 363 g/mol. The minimum absolute atomic E-state index is 0. The summed E-state index contributed by atoms with van der Waals surface area (Å²) >= 11 is 3.78. The third kappa shape index (κ3) is 12.6. The Balaban J connectivity index is 0. The van der Waals surface area contributed by atoms with Gasteiger partial charge in [-0.3, -0.25) is 4.79 Å². The molecule has 0 spiro atoms. The molecule has 5 nitrogen and oxygen atoms in total. The van der Waals surface area contributed by atoms with Gasteiger partial charge in [-0.05, 0) is 6.92 Å². The van der Waals surface area contributed by atoms with Crippen LogP contribution in [-0.2, 0) is 19.0 Å². The van der Waals surface area contributed by atoms with Crippen LogP contribution in [0.4, 0.5) is 0 Å². The van der Waals surface area contributed by atoms with Crippen LogP contribution in [0.15, 0.2) is 0 Å². The van der Waals surface area contributed by atoms with Crippen molar-refractivity contribution >= 4 is 43.0 Å². The van der Waals surface area contributed by atoms with Gasteiger partial charge < -0.3 is 19.3 Å². The summed E-state index contributed by atoms with van der Waals surface area (Å²) < 4.78 is 15.1. The van der Waals surface area contributed by atoms with Gasteiger partial charge in [-0.25, -0.2) is 0 Å². The van der Waals surface area contributed by atoms with Crippen molar-refractivity contribution in [1.82, 2.24) is 0 Å². The van der Waals surface area contributed by atoms with Crippen molar-refractivity contribution in [2.45, 2.75) is 13.0 Å². The van der Waals surface area contributed by atoms with Gasteiger partial charge in [0.05, 0.1) is 38.8 Å². The summed E-state index contributed by atoms with van der Waals surface area (Å²) in [5, 5.41) is 8.41. The molecule has 0 aromatic rings. The summed E-state index contributed by atoms with van der Waals surface area (Å²) in [6.07, 6.45) is -0.275. The van der Waals surface area contributed by atoms with E-state index < -0.39 is 0 Å². The molecular formula is C9H21O5SSb. The Morgan fingerprint density at radius 2 is 1.94 bits per heavy atom. The van der Waals surface area contributed by atoms with Crippen LogP contribution in [0.25, 0.3) is 0 Å². The van der Waals surface area contributed by atoms with Gasteiger partial charge in [-0.1, -0.05) is 0 Å². The Bertz CT molecular complexity index is 170. The Morgan fingerprint density at radius 1 is 1.31 bits per heavy atom. The van der Waals surface area contributed by atoms with Gasteiger partial charge in [0.15, 0.2) is 0 Å². The number of hydrogen-bond acceptors (Lipinski definition) is 6. The maximum atomic E-state index is 10.8. The van der Waals surface area contributed by atoms with Crippen LogP contribution in [-0.4, -0.2) is 80.4 Å². The molecule has 1 unspecified atom stereocenters. The van der Waals surface area contributed by atoms with Crippen molar-refractivity contribution in [2.75, 3.05) is 38.8 Å². The van der Waals surface area contributed by atoms with Crippen LogP contribution in [0.5, 0.6) is 0 Å². The average Bonchev–Trinajstić information content (AvgIpc) is 2.23. The van der Waals surface area contributed by atoms with Crippen molar-refractivity contribution in [3.05, 3.63) is 0 Å². The monoisotopic (exact) mass is 362 g/mol. The zero-order valence-electron chi connectivity index (χ0n) is 9.55. The van der Waals surface area contributed by atoms with Crippen LogP contribution in [0.2, 0.25) is 0 Å². The molecule has 0 aliphatic rings. The van der Waals surface area contributed by atoms with E-state index in [1.54, 1.807) is 6.92 Å². The molecular weight excluding hydrogens is 342 g/mol. The number of rotatable bonds is 9. The fourth-order valence-corrected chi connectivity index (χ4v) is 0.904. The fraction of sp³-hybridized carbons (Fsp3) is 0.889. The summed E-state index contributed by atoms with van der Waals surface area (Å²) in [5.74, 6) is -0.282. The molecule has 0 aromatic heterocycles. The number of carbonyl (C=O) groups excluding carboxylic acids is 1. The number of thiol groups is 1. The van der Waals surface area contributed by atoms with Crippen LogP contribution >= 0.6 is 12.6 Å². The maximum absolute atomic E-state index is 10.8. The number of carbonyl (C=O) groups is 1. The first-order chi connectivity index (χ1) is 7.20. The van der Waals surface area contributed by atoms with Crippen LogP contribution in [0, 0.1) is 0 Å². The molecule has 0 rings (SSSR count).